The van der Waals surface area contributed by atoms with Gasteiger partial charge in [-0.3, -0.25) is 0 Å². The summed E-state index contributed by atoms with van der Waals surface area (Å²) in [5, 5.41) is 13.8. The number of halogens is 2. The van der Waals surface area contributed by atoms with E-state index in [1.807, 2.05) is 60.7 Å². The Kier molecular flexibility index (Phi) is 5.43. The van der Waals surface area contributed by atoms with Gasteiger partial charge in [0.05, 0.1) is 17.1 Å². The summed E-state index contributed by atoms with van der Waals surface area (Å²) in [6, 6.07) is 27.0. The van der Waals surface area contributed by atoms with E-state index in [9.17, 15) is 0 Å². The molecule has 5 aromatic rings. The second-order valence-electron chi connectivity index (χ2n) is 7.05. The lowest BCUT2D eigenvalue weighted by atomic mass is 10.1. The third-order valence-electron chi connectivity index (χ3n) is 4.89. The smallest absolute Gasteiger partial charge is 0.186 e. The van der Waals surface area contributed by atoms with Crippen molar-refractivity contribution in [3.63, 3.8) is 0 Å². The van der Waals surface area contributed by atoms with Crippen LogP contribution in [0.2, 0.25) is 5.02 Å². The number of anilines is 1. The fourth-order valence-electron chi connectivity index (χ4n) is 3.32. The second-order valence-corrected chi connectivity index (χ2v) is 8.40. The summed E-state index contributed by atoms with van der Waals surface area (Å²) < 4.78 is 2.71. The molecular formula is C24H16BrClN6. The molecule has 0 saturated heterocycles. The van der Waals surface area contributed by atoms with Crippen LogP contribution in [-0.2, 0) is 0 Å². The summed E-state index contributed by atoms with van der Waals surface area (Å²) in [5.74, 6) is 0.250. The predicted molar refractivity (Wildman–Crippen MR) is 132 cm³/mol. The maximum atomic E-state index is 6.24. The first kappa shape index (κ1) is 20.4. The number of hydrogen-bond acceptors (Lipinski definition) is 5. The molecular weight excluding hydrogens is 488 g/mol. The normalized spacial score (nSPS) is 11.4. The first-order valence-corrected chi connectivity index (χ1v) is 10.9. The Morgan fingerprint density at radius 3 is 2.28 bits per heavy atom. The van der Waals surface area contributed by atoms with Crippen molar-refractivity contribution in [1.82, 2.24) is 14.6 Å². The Balaban J connectivity index is 1.71. The fraction of sp³-hybridized carbons (Fsp3) is 0. The summed E-state index contributed by atoms with van der Waals surface area (Å²) in [7, 11) is 0. The van der Waals surface area contributed by atoms with Gasteiger partial charge in [-0.25, -0.2) is 9.50 Å². The molecule has 0 spiro atoms. The van der Waals surface area contributed by atoms with Gasteiger partial charge in [0, 0.05) is 20.6 Å². The average Bonchev–Trinajstić information content (AvgIpc) is 3.14. The zero-order chi connectivity index (χ0) is 22.1. The zero-order valence-corrected chi connectivity index (χ0v) is 19.0. The molecule has 6 nitrogen and oxygen atoms in total. The lowest BCUT2D eigenvalue weighted by molar-refractivity contribution is 0.955. The van der Waals surface area contributed by atoms with Gasteiger partial charge in [0.15, 0.2) is 17.2 Å². The van der Waals surface area contributed by atoms with Crippen LogP contribution < -0.4 is 5.73 Å². The first-order valence-electron chi connectivity index (χ1n) is 9.76. The number of hydrogen-bond donors (Lipinski definition) is 1. The Bertz CT molecular complexity index is 1430. The number of nitrogen functional groups attached to an aromatic ring is 1. The lowest BCUT2D eigenvalue weighted by Crippen LogP contribution is -1.98. The van der Waals surface area contributed by atoms with Crippen LogP contribution in [0.1, 0.15) is 0 Å². The number of fused-ring (bicyclic) bond motifs is 1. The molecule has 0 bridgehead atoms. The number of azo groups is 1. The lowest BCUT2D eigenvalue weighted by Gasteiger charge is -2.09. The van der Waals surface area contributed by atoms with E-state index in [2.05, 4.69) is 31.3 Å². The summed E-state index contributed by atoms with van der Waals surface area (Å²) in [4.78, 5) is 4.84. The van der Waals surface area contributed by atoms with Crippen molar-refractivity contribution in [2.75, 3.05) is 5.73 Å². The summed E-state index contributed by atoms with van der Waals surface area (Å²) in [5.41, 5.74) is 11.4. The minimum absolute atomic E-state index is 0.250. The van der Waals surface area contributed by atoms with Crippen LogP contribution in [-0.4, -0.2) is 14.6 Å². The van der Waals surface area contributed by atoms with E-state index in [1.54, 1.807) is 28.8 Å². The minimum atomic E-state index is 0.250. The molecule has 2 N–H and O–H groups in total. The molecule has 156 valence electrons. The summed E-state index contributed by atoms with van der Waals surface area (Å²) >= 11 is 9.44. The Labute approximate surface area is 197 Å². The largest absolute Gasteiger partial charge is 0.380 e. The van der Waals surface area contributed by atoms with E-state index in [0.717, 1.165) is 27.0 Å². The van der Waals surface area contributed by atoms with Crippen molar-refractivity contribution in [3.8, 4) is 22.5 Å². The van der Waals surface area contributed by atoms with Crippen molar-refractivity contribution in [3.05, 3.63) is 94.4 Å². The molecule has 0 aliphatic heterocycles. The van der Waals surface area contributed by atoms with E-state index in [0.29, 0.717) is 22.0 Å². The van der Waals surface area contributed by atoms with Crippen molar-refractivity contribution < 1.29 is 0 Å². The highest BCUT2D eigenvalue weighted by Gasteiger charge is 2.17. The molecule has 0 amide bonds. The maximum absolute atomic E-state index is 6.24. The maximum Gasteiger partial charge on any atom is 0.186 e. The van der Waals surface area contributed by atoms with Gasteiger partial charge in [0.2, 0.25) is 0 Å². The number of nitrogens with zero attached hydrogens (tertiary/aromatic N) is 5. The van der Waals surface area contributed by atoms with Crippen LogP contribution in [0, 0.1) is 0 Å². The highest BCUT2D eigenvalue weighted by atomic mass is 79.9. The topological polar surface area (TPSA) is 80.9 Å². The van der Waals surface area contributed by atoms with Crippen molar-refractivity contribution in [2.45, 2.75) is 0 Å². The molecule has 5 rings (SSSR count). The first-order chi connectivity index (χ1) is 15.6. The standard InChI is InChI=1S/C24H16BrClN6/c25-17-8-6-15(7-9-17)20-14-21(16-4-2-1-3-5-16)32-24(28-20)22(23(27)31-32)30-29-19-12-10-18(26)11-13-19/h1-14H,(H2,27,31). The summed E-state index contributed by atoms with van der Waals surface area (Å²) in [6.45, 7) is 0. The van der Waals surface area contributed by atoms with Gasteiger partial charge in [0.1, 0.15) is 0 Å². The monoisotopic (exact) mass is 502 g/mol. The third-order valence-corrected chi connectivity index (χ3v) is 5.67. The van der Waals surface area contributed by atoms with E-state index >= 15 is 0 Å². The van der Waals surface area contributed by atoms with Crippen LogP contribution in [0.15, 0.2) is 99.6 Å². The number of benzene rings is 3. The molecule has 0 aliphatic rings. The van der Waals surface area contributed by atoms with E-state index in [1.165, 1.54) is 0 Å². The molecule has 0 fully saturated rings. The molecule has 2 heterocycles. The van der Waals surface area contributed by atoms with Crippen LogP contribution in [0.5, 0.6) is 0 Å². The quantitative estimate of drug-likeness (QED) is 0.258. The molecule has 0 radical (unpaired) electrons. The van der Waals surface area contributed by atoms with Crippen LogP contribution in [0.3, 0.4) is 0 Å². The molecule has 3 aromatic carbocycles. The predicted octanol–water partition coefficient (Wildman–Crippen LogP) is 7.48. The van der Waals surface area contributed by atoms with Crippen LogP contribution in [0.25, 0.3) is 28.2 Å². The Morgan fingerprint density at radius 2 is 1.56 bits per heavy atom. The highest BCUT2D eigenvalue weighted by molar-refractivity contribution is 9.10. The zero-order valence-electron chi connectivity index (χ0n) is 16.7. The average molecular weight is 504 g/mol. The van der Waals surface area contributed by atoms with E-state index in [4.69, 9.17) is 22.3 Å². The Morgan fingerprint density at radius 1 is 0.844 bits per heavy atom. The van der Waals surface area contributed by atoms with E-state index < -0.39 is 0 Å². The van der Waals surface area contributed by atoms with E-state index in [-0.39, 0.29) is 5.82 Å². The molecule has 0 unspecified atom stereocenters. The SMILES string of the molecule is Nc1nn2c(-c3ccccc3)cc(-c3ccc(Br)cc3)nc2c1N=Nc1ccc(Cl)cc1. The third kappa shape index (κ3) is 4.00. The van der Waals surface area contributed by atoms with Gasteiger partial charge in [0.25, 0.3) is 0 Å². The molecule has 8 heteroatoms. The van der Waals surface area contributed by atoms with Gasteiger partial charge in [-0.05, 0) is 42.5 Å². The van der Waals surface area contributed by atoms with Gasteiger partial charge in [-0.15, -0.1) is 10.2 Å². The van der Waals surface area contributed by atoms with Crippen LogP contribution >= 0.6 is 27.5 Å². The Hall–Kier alpha value is -3.55. The number of aromatic nitrogens is 3. The molecule has 0 atom stereocenters. The van der Waals surface area contributed by atoms with Gasteiger partial charge >= 0.3 is 0 Å². The molecule has 32 heavy (non-hydrogen) atoms. The van der Waals surface area contributed by atoms with Gasteiger partial charge < -0.3 is 5.73 Å². The number of nitrogens with two attached hydrogens (primary N) is 1. The second kappa shape index (κ2) is 8.53. The molecule has 2 aromatic heterocycles. The van der Waals surface area contributed by atoms with Crippen molar-refractivity contribution >= 4 is 50.4 Å². The summed E-state index contributed by atoms with van der Waals surface area (Å²) in [6.07, 6.45) is 0. The number of rotatable bonds is 4. The fourth-order valence-corrected chi connectivity index (χ4v) is 3.71. The molecule has 0 aliphatic carbocycles. The van der Waals surface area contributed by atoms with Crippen molar-refractivity contribution in [1.29, 1.82) is 0 Å². The van der Waals surface area contributed by atoms with Crippen LogP contribution in [0.4, 0.5) is 17.2 Å². The van der Waals surface area contributed by atoms with Gasteiger partial charge in [-0.1, -0.05) is 70.0 Å². The van der Waals surface area contributed by atoms with Gasteiger partial charge in [-0.2, -0.15) is 5.11 Å². The highest BCUT2D eigenvalue weighted by Crippen LogP contribution is 2.34. The minimum Gasteiger partial charge on any atom is -0.380 e. The van der Waals surface area contributed by atoms with Crippen molar-refractivity contribution in [2.24, 2.45) is 10.2 Å². The molecule has 0 saturated carbocycles.